The average Bonchev–Trinajstić information content (AvgIpc) is 2.87. The minimum Gasteiger partial charge on any atom is -0.452 e. The average molecular weight is 244 g/mol. The Balaban J connectivity index is 2.06. The maximum absolute atomic E-state index is 11.9. The Morgan fingerprint density at radius 2 is 2.00 bits per heavy atom. The number of carbonyl (C=O) groups excluding carboxylic acids is 1. The van der Waals surface area contributed by atoms with E-state index in [2.05, 4.69) is 6.92 Å². The van der Waals surface area contributed by atoms with Crippen LogP contribution in [0.25, 0.3) is 0 Å². The van der Waals surface area contributed by atoms with E-state index in [-0.39, 0.29) is 18.0 Å². The summed E-state index contributed by atoms with van der Waals surface area (Å²) in [6, 6.07) is 11.7. The molecule has 0 spiro atoms. The van der Waals surface area contributed by atoms with Gasteiger partial charge >= 0.3 is 5.97 Å². The first-order valence-corrected chi connectivity index (χ1v) is 6.48. The Bertz CT molecular complexity index is 545. The van der Waals surface area contributed by atoms with Crippen molar-refractivity contribution in [2.75, 3.05) is 0 Å². The maximum Gasteiger partial charge on any atom is 0.339 e. The molecule has 3 rings (SSSR count). The first-order valence-electron chi connectivity index (χ1n) is 5.60. The molecule has 3 heteroatoms. The Kier molecular flexibility index (Phi) is 2.48. The van der Waals surface area contributed by atoms with Crippen LogP contribution in [0, 0.1) is 0 Å². The van der Waals surface area contributed by atoms with Crippen molar-refractivity contribution < 1.29 is 9.53 Å². The van der Waals surface area contributed by atoms with Crippen LogP contribution in [0.15, 0.2) is 41.8 Å². The van der Waals surface area contributed by atoms with E-state index >= 15 is 0 Å². The normalized spacial score (nSPS) is 23.0. The van der Waals surface area contributed by atoms with Crippen LogP contribution in [0.5, 0.6) is 0 Å². The number of benzene rings is 1. The van der Waals surface area contributed by atoms with E-state index in [1.807, 2.05) is 41.8 Å². The molecule has 86 valence electrons. The molecule has 17 heavy (non-hydrogen) atoms. The van der Waals surface area contributed by atoms with Crippen molar-refractivity contribution in [2.24, 2.45) is 0 Å². The fourth-order valence-electron chi connectivity index (χ4n) is 2.28. The monoisotopic (exact) mass is 244 g/mol. The molecule has 1 aromatic heterocycles. The van der Waals surface area contributed by atoms with Crippen molar-refractivity contribution in [1.29, 1.82) is 0 Å². The number of hydrogen-bond donors (Lipinski definition) is 0. The van der Waals surface area contributed by atoms with E-state index in [9.17, 15) is 4.79 Å². The molecule has 0 fully saturated rings. The van der Waals surface area contributed by atoms with Gasteiger partial charge in [-0.1, -0.05) is 31.2 Å². The van der Waals surface area contributed by atoms with Crippen molar-refractivity contribution in [3.05, 3.63) is 57.8 Å². The summed E-state index contributed by atoms with van der Waals surface area (Å²) in [4.78, 5) is 13.0. The Morgan fingerprint density at radius 1 is 1.18 bits per heavy atom. The SMILES string of the molecule is C[C@@H]1c2ccccc2C(=O)O[C@H]1c1cccs1. The molecule has 1 aliphatic rings. The number of esters is 1. The third-order valence-corrected chi connectivity index (χ3v) is 4.12. The van der Waals surface area contributed by atoms with Gasteiger partial charge in [-0.25, -0.2) is 4.79 Å². The first kappa shape index (κ1) is 10.5. The van der Waals surface area contributed by atoms with Gasteiger partial charge in [0.1, 0.15) is 6.10 Å². The van der Waals surface area contributed by atoms with Crippen molar-refractivity contribution in [1.82, 2.24) is 0 Å². The second kappa shape index (κ2) is 4.00. The minimum atomic E-state index is -0.211. The second-order valence-electron chi connectivity index (χ2n) is 4.22. The van der Waals surface area contributed by atoms with Crippen molar-refractivity contribution >= 4 is 17.3 Å². The van der Waals surface area contributed by atoms with Crippen LogP contribution in [0.4, 0.5) is 0 Å². The van der Waals surface area contributed by atoms with Gasteiger partial charge in [-0.05, 0) is 23.1 Å². The first-order chi connectivity index (χ1) is 8.27. The molecule has 2 atom stereocenters. The summed E-state index contributed by atoms with van der Waals surface area (Å²) in [5.74, 6) is -0.000324. The van der Waals surface area contributed by atoms with E-state index in [0.29, 0.717) is 5.56 Å². The number of fused-ring (bicyclic) bond motifs is 1. The van der Waals surface area contributed by atoms with Crippen LogP contribution in [-0.2, 0) is 4.74 Å². The topological polar surface area (TPSA) is 26.3 Å². The van der Waals surface area contributed by atoms with Crippen LogP contribution >= 0.6 is 11.3 Å². The zero-order chi connectivity index (χ0) is 11.8. The summed E-state index contributed by atoms with van der Waals surface area (Å²) in [7, 11) is 0. The van der Waals surface area contributed by atoms with Crippen LogP contribution in [-0.4, -0.2) is 5.97 Å². The van der Waals surface area contributed by atoms with Gasteiger partial charge in [0.05, 0.1) is 5.56 Å². The smallest absolute Gasteiger partial charge is 0.339 e. The number of hydrogen-bond acceptors (Lipinski definition) is 3. The molecular weight excluding hydrogens is 232 g/mol. The highest BCUT2D eigenvalue weighted by molar-refractivity contribution is 7.10. The quantitative estimate of drug-likeness (QED) is 0.714. The second-order valence-corrected chi connectivity index (χ2v) is 5.20. The largest absolute Gasteiger partial charge is 0.452 e. The van der Waals surface area contributed by atoms with E-state index in [1.165, 1.54) is 0 Å². The molecule has 0 radical (unpaired) electrons. The zero-order valence-electron chi connectivity index (χ0n) is 9.42. The Morgan fingerprint density at radius 3 is 2.76 bits per heavy atom. The summed E-state index contributed by atoms with van der Waals surface area (Å²) in [5.41, 5.74) is 1.79. The van der Waals surface area contributed by atoms with Gasteiger partial charge in [0, 0.05) is 10.8 Å². The predicted molar refractivity (Wildman–Crippen MR) is 67.3 cm³/mol. The Hall–Kier alpha value is -1.61. The molecule has 1 aromatic carbocycles. The molecule has 0 saturated carbocycles. The fourth-order valence-corrected chi connectivity index (χ4v) is 3.14. The van der Waals surface area contributed by atoms with Gasteiger partial charge in [-0.15, -0.1) is 11.3 Å². The van der Waals surface area contributed by atoms with Crippen LogP contribution in [0.1, 0.15) is 39.7 Å². The summed E-state index contributed by atoms with van der Waals surface area (Å²) < 4.78 is 5.54. The number of rotatable bonds is 1. The lowest BCUT2D eigenvalue weighted by Crippen LogP contribution is -2.24. The van der Waals surface area contributed by atoms with Gasteiger partial charge in [0.2, 0.25) is 0 Å². The van der Waals surface area contributed by atoms with Crippen molar-refractivity contribution in [3.63, 3.8) is 0 Å². The number of ether oxygens (including phenoxy) is 1. The number of cyclic esters (lactones) is 1. The van der Waals surface area contributed by atoms with E-state index in [0.717, 1.165) is 10.4 Å². The number of thiophene rings is 1. The molecule has 2 heterocycles. The highest BCUT2D eigenvalue weighted by atomic mass is 32.1. The summed E-state index contributed by atoms with van der Waals surface area (Å²) in [5, 5.41) is 2.01. The molecule has 2 nitrogen and oxygen atoms in total. The van der Waals surface area contributed by atoms with E-state index in [1.54, 1.807) is 11.3 Å². The minimum absolute atomic E-state index is 0.141. The molecule has 0 N–H and O–H groups in total. The molecule has 0 amide bonds. The standard InChI is InChI=1S/C14H12O2S/c1-9-10-5-2-3-6-11(10)14(15)16-13(9)12-7-4-8-17-12/h2-9,13H,1H3/t9-,13-/m1/s1. The summed E-state index contributed by atoms with van der Waals surface area (Å²) in [6.07, 6.45) is -0.141. The van der Waals surface area contributed by atoms with Crippen molar-refractivity contribution in [2.45, 2.75) is 18.9 Å². The van der Waals surface area contributed by atoms with E-state index < -0.39 is 0 Å². The fraction of sp³-hybridized carbons (Fsp3) is 0.214. The Labute approximate surface area is 104 Å². The van der Waals surface area contributed by atoms with Gasteiger partial charge in [0.25, 0.3) is 0 Å². The molecule has 2 aromatic rings. The third-order valence-electron chi connectivity index (χ3n) is 3.18. The van der Waals surface area contributed by atoms with Crippen LogP contribution in [0.3, 0.4) is 0 Å². The molecule has 0 unspecified atom stereocenters. The zero-order valence-corrected chi connectivity index (χ0v) is 10.2. The van der Waals surface area contributed by atoms with E-state index in [4.69, 9.17) is 4.74 Å². The lowest BCUT2D eigenvalue weighted by Gasteiger charge is -2.29. The van der Waals surface area contributed by atoms with Crippen LogP contribution < -0.4 is 0 Å². The van der Waals surface area contributed by atoms with Crippen molar-refractivity contribution in [3.8, 4) is 0 Å². The lowest BCUT2D eigenvalue weighted by atomic mass is 9.88. The lowest BCUT2D eigenvalue weighted by molar-refractivity contribution is 0.0194. The highest BCUT2D eigenvalue weighted by Crippen LogP contribution is 2.41. The molecule has 0 saturated heterocycles. The molecule has 1 aliphatic heterocycles. The van der Waals surface area contributed by atoms with Gasteiger partial charge in [-0.3, -0.25) is 0 Å². The maximum atomic E-state index is 11.9. The van der Waals surface area contributed by atoms with Gasteiger partial charge in [-0.2, -0.15) is 0 Å². The number of carbonyl (C=O) groups is 1. The predicted octanol–water partition coefficient (Wildman–Crippen LogP) is 3.76. The summed E-state index contributed by atoms with van der Waals surface area (Å²) in [6.45, 7) is 2.11. The third kappa shape index (κ3) is 1.67. The molecular formula is C14H12O2S. The van der Waals surface area contributed by atoms with Gasteiger partial charge < -0.3 is 4.74 Å². The molecule has 0 aliphatic carbocycles. The highest BCUT2D eigenvalue weighted by Gasteiger charge is 2.33. The van der Waals surface area contributed by atoms with Crippen LogP contribution in [0.2, 0.25) is 0 Å². The summed E-state index contributed by atoms with van der Waals surface area (Å²) >= 11 is 1.63. The van der Waals surface area contributed by atoms with Gasteiger partial charge in [0.15, 0.2) is 0 Å². The molecule has 0 bridgehead atoms.